The minimum absolute atomic E-state index is 0.116. The summed E-state index contributed by atoms with van der Waals surface area (Å²) in [6.07, 6.45) is 8.92. The van der Waals surface area contributed by atoms with E-state index in [4.69, 9.17) is 0 Å². The highest BCUT2D eigenvalue weighted by Gasteiger charge is 2.43. The van der Waals surface area contributed by atoms with Gasteiger partial charge < -0.3 is 5.32 Å². The second-order valence-electron chi connectivity index (χ2n) is 7.83. The standard InChI is InChI=1S/C17H29NO/c1-17(2,15-4-3-7-18-11-15)16(19)10-14-9-12-5-6-13(14)8-12/h12-15,18H,3-11H2,1-2H3. The molecule has 0 aromatic carbocycles. The van der Waals surface area contributed by atoms with Gasteiger partial charge in [-0.3, -0.25) is 4.79 Å². The molecule has 2 bridgehead atoms. The van der Waals surface area contributed by atoms with E-state index in [2.05, 4.69) is 19.2 Å². The molecule has 2 saturated carbocycles. The minimum Gasteiger partial charge on any atom is -0.316 e. The second kappa shape index (κ2) is 5.20. The Bertz CT molecular complexity index is 343. The van der Waals surface area contributed by atoms with Crippen molar-refractivity contribution in [3.8, 4) is 0 Å². The molecule has 1 heterocycles. The molecule has 3 rings (SSSR count). The number of carbonyl (C=O) groups excluding carboxylic acids is 1. The topological polar surface area (TPSA) is 29.1 Å². The second-order valence-corrected chi connectivity index (χ2v) is 7.83. The van der Waals surface area contributed by atoms with Crippen LogP contribution >= 0.6 is 0 Å². The average Bonchev–Trinajstić information content (AvgIpc) is 3.02. The van der Waals surface area contributed by atoms with Crippen molar-refractivity contribution in [1.29, 1.82) is 0 Å². The molecular weight excluding hydrogens is 234 g/mol. The molecule has 1 N–H and O–H groups in total. The van der Waals surface area contributed by atoms with Crippen LogP contribution < -0.4 is 5.32 Å². The van der Waals surface area contributed by atoms with Crippen LogP contribution in [-0.2, 0) is 4.79 Å². The first-order valence-electron chi connectivity index (χ1n) is 8.31. The van der Waals surface area contributed by atoms with Crippen molar-refractivity contribution < 1.29 is 4.79 Å². The molecule has 108 valence electrons. The molecule has 4 unspecified atom stereocenters. The van der Waals surface area contributed by atoms with Crippen molar-refractivity contribution in [1.82, 2.24) is 5.32 Å². The molecule has 0 radical (unpaired) electrons. The minimum atomic E-state index is -0.116. The van der Waals surface area contributed by atoms with E-state index >= 15 is 0 Å². The van der Waals surface area contributed by atoms with Crippen LogP contribution in [0.3, 0.4) is 0 Å². The third-order valence-electron chi connectivity index (χ3n) is 6.37. The van der Waals surface area contributed by atoms with Gasteiger partial charge in [-0.25, -0.2) is 0 Å². The van der Waals surface area contributed by atoms with E-state index in [1.54, 1.807) is 0 Å². The lowest BCUT2D eigenvalue weighted by molar-refractivity contribution is -0.131. The van der Waals surface area contributed by atoms with Crippen molar-refractivity contribution in [2.24, 2.45) is 29.1 Å². The van der Waals surface area contributed by atoms with E-state index in [0.717, 1.165) is 37.3 Å². The molecule has 0 spiro atoms. The van der Waals surface area contributed by atoms with E-state index in [-0.39, 0.29) is 5.41 Å². The van der Waals surface area contributed by atoms with Crippen LogP contribution in [0.1, 0.15) is 58.8 Å². The van der Waals surface area contributed by atoms with Gasteiger partial charge in [0.1, 0.15) is 5.78 Å². The number of fused-ring (bicyclic) bond motifs is 2. The van der Waals surface area contributed by atoms with Crippen molar-refractivity contribution >= 4 is 5.78 Å². The van der Waals surface area contributed by atoms with Crippen molar-refractivity contribution in [2.45, 2.75) is 58.8 Å². The molecule has 2 aliphatic carbocycles. The number of nitrogens with one attached hydrogen (secondary N) is 1. The Labute approximate surface area is 117 Å². The van der Waals surface area contributed by atoms with Crippen LogP contribution in [-0.4, -0.2) is 18.9 Å². The normalized spacial score (nSPS) is 38.6. The van der Waals surface area contributed by atoms with Gasteiger partial charge in [0.2, 0.25) is 0 Å². The number of piperidine rings is 1. The molecule has 1 saturated heterocycles. The Morgan fingerprint density at radius 2 is 2.05 bits per heavy atom. The van der Waals surface area contributed by atoms with Crippen LogP contribution in [0.25, 0.3) is 0 Å². The first kappa shape index (κ1) is 13.6. The summed E-state index contributed by atoms with van der Waals surface area (Å²) in [6, 6.07) is 0. The van der Waals surface area contributed by atoms with Crippen LogP contribution in [0, 0.1) is 29.1 Å². The van der Waals surface area contributed by atoms with Crippen LogP contribution in [0.2, 0.25) is 0 Å². The average molecular weight is 263 g/mol. The summed E-state index contributed by atoms with van der Waals surface area (Å²) in [5.41, 5.74) is -0.116. The van der Waals surface area contributed by atoms with Crippen molar-refractivity contribution in [3.05, 3.63) is 0 Å². The summed E-state index contributed by atoms with van der Waals surface area (Å²) >= 11 is 0. The zero-order valence-electron chi connectivity index (χ0n) is 12.6. The Kier molecular flexibility index (Phi) is 3.72. The lowest BCUT2D eigenvalue weighted by atomic mass is 9.69. The van der Waals surface area contributed by atoms with Gasteiger partial charge in [0.25, 0.3) is 0 Å². The third kappa shape index (κ3) is 2.61. The van der Waals surface area contributed by atoms with Gasteiger partial charge in [0, 0.05) is 11.8 Å². The summed E-state index contributed by atoms with van der Waals surface area (Å²) in [4.78, 5) is 12.8. The highest BCUT2D eigenvalue weighted by Crippen LogP contribution is 2.50. The Morgan fingerprint density at radius 1 is 1.21 bits per heavy atom. The van der Waals surface area contributed by atoms with Crippen LogP contribution in [0.15, 0.2) is 0 Å². The highest BCUT2D eigenvalue weighted by atomic mass is 16.1. The van der Waals surface area contributed by atoms with Gasteiger partial charge in [0.05, 0.1) is 0 Å². The molecule has 2 nitrogen and oxygen atoms in total. The molecule has 0 amide bonds. The van der Waals surface area contributed by atoms with Gasteiger partial charge in [-0.05, 0) is 68.9 Å². The first-order valence-corrected chi connectivity index (χ1v) is 8.31. The fourth-order valence-corrected chi connectivity index (χ4v) is 4.82. The predicted molar refractivity (Wildman–Crippen MR) is 77.9 cm³/mol. The Balaban J connectivity index is 1.59. The number of carbonyl (C=O) groups is 1. The summed E-state index contributed by atoms with van der Waals surface area (Å²) in [5, 5.41) is 3.46. The number of Topliss-reactive ketones (excluding diaryl/α,β-unsaturated/α-hetero) is 1. The maximum atomic E-state index is 12.8. The van der Waals surface area contributed by atoms with Crippen molar-refractivity contribution in [3.63, 3.8) is 0 Å². The van der Waals surface area contributed by atoms with E-state index in [0.29, 0.717) is 11.7 Å². The summed E-state index contributed by atoms with van der Waals surface area (Å²) in [5.74, 6) is 3.66. The van der Waals surface area contributed by atoms with Gasteiger partial charge >= 0.3 is 0 Å². The zero-order valence-corrected chi connectivity index (χ0v) is 12.6. The highest BCUT2D eigenvalue weighted by molar-refractivity contribution is 5.84. The lowest BCUT2D eigenvalue weighted by Gasteiger charge is -2.37. The summed E-state index contributed by atoms with van der Waals surface area (Å²) in [6.45, 7) is 6.56. The van der Waals surface area contributed by atoms with Gasteiger partial charge in [-0.1, -0.05) is 20.3 Å². The predicted octanol–water partition coefficient (Wildman–Crippen LogP) is 3.41. The van der Waals surface area contributed by atoms with E-state index in [1.165, 1.54) is 38.5 Å². The van der Waals surface area contributed by atoms with Crippen molar-refractivity contribution in [2.75, 3.05) is 13.1 Å². The molecule has 2 heteroatoms. The quantitative estimate of drug-likeness (QED) is 0.842. The fourth-order valence-electron chi connectivity index (χ4n) is 4.82. The van der Waals surface area contributed by atoms with E-state index in [1.807, 2.05) is 0 Å². The smallest absolute Gasteiger partial charge is 0.139 e. The number of hydrogen-bond acceptors (Lipinski definition) is 2. The monoisotopic (exact) mass is 263 g/mol. The molecule has 3 fully saturated rings. The maximum absolute atomic E-state index is 12.8. The largest absolute Gasteiger partial charge is 0.316 e. The number of hydrogen-bond donors (Lipinski definition) is 1. The number of ketones is 1. The summed E-state index contributed by atoms with van der Waals surface area (Å²) < 4.78 is 0. The summed E-state index contributed by atoms with van der Waals surface area (Å²) in [7, 11) is 0. The lowest BCUT2D eigenvalue weighted by Crippen LogP contribution is -2.43. The molecule has 0 aromatic rings. The van der Waals surface area contributed by atoms with Gasteiger partial charge in [-0.15, -0.1) is 0 Å². The SMILES string of the molecule is CC(C)(C(=O)CC1CC2CCC1C2)C1CCCNC1. The zero-order chi connectivity index (χ0) is 13.5. The third-order valence-corrected chi connectivity index (χ3v) is 6.37. The molecule has 1 aliphatic heterocycles. The Morgan fingerprint density at radius 3 is 2.63 bits per heavy atom. The molecule has 4 atom stereocenters. The molecule has 3 aliphatic rings. The molecule has 0 aromatic heterocycles. The molecular formula is C17H29NO. The van der Waals surface area contributed by atoms with Crippen LogP contribution in [0.4, 0.5) is 0 Å². The van der Waals surface area contributed by atoms with Gasteiger partial charge in [0.15, 0.2) is 0 Å². The number of rotatable bonds is 4. The van der Waals surface area contributed by atoms with Gasteiger partial charge in [-0.2, -0.15) is 0 Å². The Hall–Kier alpha value is -0.370. The van der Waals surface area contributed by atoms with Crippen LogP contribution in [0.5, 0.6) is 0 Å². The fraction of sp³-hybridized carbons (Fsp3) is 0.941. The maximum Gasteiger partial charge on any atom is 0.139 e. The van der Waals surface area contributed by atoms with E-state index < -0.39 is 0 Å². The molecule has 19 heavy (non-hydrogen) atoms. The first-order chi connectivity index (χ1) is 9.07. The van der Waals surface area contributed by atoms with E-state index in [9.17, 15) is 4.79 Å².